The van der Waals surface area contributed by atoms with Gasteiger partial charge in [0.2, 0.25) is 0 Å². The van der Waals surface area contributed by atoms with Gasteiger partial charge in [0, 0.05) is 0 Å². The van der Waals surface area contributed by atoms with Crippen molar-refractivity contribution >= 4 is 0 Å². The lowest BCUT2D eigenvalue weighted by molar-refractivity contribution is 0.397. The molecule has 2 rings (SSSR count). The topological polar surface area (TPSA) is 56.5 Å². The highest BCUT2D eigenvalue weighted by atomic mass is 19.1. The molecule has 0 heterocycles. The Labute approximate surface area is 117 Å². The van der Waals surface area contributed by atoms with Crippen molar-refractivity contribution in [2.45, 2.75) is 6.04 Å². The molecule has 0 radical (unpaired) electrons. The number of nitrogens with two attached hydrogens (primary N) is 1. The van der Waals surface area contributed by atoms with Crippen LogP contribution in [0.15, 0.2) is 42.5 Å². The third kappa shape index (κ3) is 2.74. The van der Waals surface area contributed by atoms with Crippen molar-refractivity contribution < 1.29 is 13.9 Å². The summed E-state index contributed by atoms with van der Waals surface area (Å²) in [6.45, 7) is 0. The molecule has 0 aliphatic heterocycles. The van der Waals surface area contributed by atoms with Gasteiger partial charge in [-0.25, -0.2) is 9.82 Å². The molecule has 0 amide bonds. The van der Waals surface area contributed by atoms with E-state index in [2.05, 4.69) is 5.43 Å². The van der Waals surface area contributed by atoms with E-state index >= 15 is 0 Å². The van der Waals surface area contributed by atoms with Crippen molar-refractivity contribution in [2.75, 3.05) is 14.2 Å². The van der Waals surface area contributed by atoms with Gasteiger partial charge in [-0.05, 0) is 29.8 Å². The summed E-state index contributed by atoms with van der Waals surface area (Å²) in [7, 11) is 3.09. The zero-order valence-corrected chi connectivity index (χ0v) is 11.4. The summed E-state index contributed by atoms with van der Waals surface area (Å²) < 4.78 is 24.4. The van der Waals surface area contributed by atoms with Crippen molar-refractivity contribution in [3.8, 4) is 11.5 Å². The molecule has 20 heavy (non-hydrogen) atoms. The summed E-state index contributed by atoms with van der Waals surface area (Å²) in [5.41, 5.74) is 3.82. The Balaban J connectivity index is 2.46. The Morgan fingerprint density at radius 1 is 1.05 bits per heavy atom. The minimum absolute atomic E-state index is 0.372. The number of halogens is 1. The van der Waals surface area contributed by atoms with Crippen LogP contribution in [0.3, 0.4) is 0 Å². The molecule has 1 unspecified atom stereocenters. The summed E-state index contributed by atoms with van der Waals surface area (Å²) in [4.78, 5) is 0. The van der Waals surface area contributed by atoms with E-state index in [0.29, 0.717) is 11.3 Å². The second-order valence-electron chi connectivity index (χ2n) is 4.23. The summed E-state index contributed by atoms with van der Waals surface area (Å²) in [6.07, 6.45) is 0. The SMILES string of the molecule is COc1ccc(C(NN)c2c(F)cccc2OC)cc1. The molecule has 0 aliphatic carbocycles. The molecule has 0 fully saturated rings. The average Bonchev–Trinajstić information content (AvgIpc) is 2.50. The molecule has 2 aromatic carbocycles. The summed E-state index contributed by atoms with van der Waals surface area (Å²) in [5.74, 6) is 6.40. The number of hydrogen-bond donors (Lipinski definition) is 2. The largest absolute Gasteiger partial charge is 0.497 e. The summed E-state index contributed by atoms with van der Waals surface area (Å²) in [6, 6.07) is 11.4. The average molecular weight is 276 g/mol. The summed E-state index contributed by atoms with van der Waals surface area (Å²) >= 11 is 0. The van der Waals surface area contributed by atoms with E-state index in [1.165, 1.54) is 13.2 Å². The van der Waals surface area contributed by atoms with E-state index in [-0.39, 0.29) is 5.82 Å². The third-order valence-electron chi connectivity index (χ3n) is 3.14. The zero-order chi connectivity index (χ0) is 14.5. The second-order valence-corrected chi connectivity index (χ2v) is 4.23. The number of hydrogen-bond acceptors (Lipinski definition) is 4. The lowest BCUT2D eigenvalue weighted by atomic mass is 9.97. The van der Waals surface area contributed by atoms with E-state index in [9.17, 15) is 4.39 Å². The van der Waals surface area contributed by atoms with Crippen molar-refractivity contribution in [1.29, 1.82) is 0 Å². The van der Waals surface area contributed by atoms with Gasteiger partial charge in [-0.15, -0.1) is 0 Å². The molecule has 1 atom stereocenters. The lowest BCUT2D eigenvalue weighted by Gasteiger charge is -2.20. The van der Waals surface area contributed by atoms with Crippen LogP contribution < -0.4 is 20.7 Å². The molecular weight excluding hydrogens is 259 g/mol. The van der Waals surface area contributed by atoms with Gasteiger partial charge in [0.1, 0.15) is 17.3 Å². The highest BCUT2D eigenvalue weighted by Crippen LogP contribution is 2.32. The molecule has 2 aromatic rings. The van der Waals surface area contributed by atoms with Gasteiger partial charge in [-0.1, -0.05) is 18.2 Å². The number of methoxy groups -OCH3 is 2. The molecule has 4 nitrogen and oxygen atoms in total. The standard InChI is InChI=1S/C15H17FN2O2/c1-19-11-8-6-10(7-9-11)15(18-17)14-12(16)4-3-5-13(14)20-2/h3-9,15,18H,17H2,1-2H3. The quantitative estimate of drug-likeness (QED) is 0.650. The van der Waals surface area contributed by atoms with E-state index < -0.39 is 6.04 Å². The molecule has 3 N–H and O–H groups in total. The van der Waals surface area contributed by atoms with Crippen LogP contribution in [0.1, 0.15) is 17.2 Å². The normalized spacial score (nSPS) is 12.0. The summed E-state index contributed by atoms with van der Waals surface area (Å²) in [5, 5.41) is 0. The van der Waals surface area contributed by atoms with Crippen LogP contribution in [0.25, 0.3) is 0 Å². The van der Waals surface area contributed by atoms with E-state index in [1.807, 2.05) is 12.1 Å². The lowest BCUT2D eigenvalue weighted by Crippen LogP contribution is -2.29. The predicted molar refractivity (Wildman–Crippen MR) is 75.1 cm³/mol. The highest BCUT2D eigenvalue weighted by Gasteiger charge is 2.21. The maximum atomic E-state index is 14.1. The van der Waals surface area contributed by atoms with E-state index in [1.54, 1.807) is 31.4 Å². The molecule has 0 aliphatic rings. The minimum Gasteiger partial charge on any atom is -0.497 e. The minimum atomic E-state index is -0.503. The number of hydrazine groups is 1. The van der Waals surface area contributed by atoms with Crippen LogP contribution in [0, 0.1) is 5.82 Å². The van der Waals surface area contributed by atoms with Crippen molar-refractivity contribution in [3.05, 3.63) is 59.4 Å². The first-order chi connectivity index (χ1) is 9.71. The molecule has 0 saturated carbocycles. The number of nitrogens with one attached hydrogen (secondary N) is 1. The molecule has 5 heteroatoms. The Bertz CT molecular complexity index is 573. The fraction of sp³-hybridized carbons (Fsp3) is 0.200. The number of benzene rings is 2. The van der Waals surface area contributed by atoms with Gasteiger partial charge in [0.25, 0.3) is 0 Å². The van der Waals surface area contributed by atoms with Crippen molar-refractivity contribution in [3.63, 3.8) is 0 Å². The van der Waals surface area contributed by atoms with Crippen LogP contribution in [-0.2, 0) is 0 Å². The van der Waals surface area contributed by atoms with Crippen LogP contribution in [0.4, 0.5) is 4.39 Å². The molecule has 106 valence electrons. The van der Waals surface area contributed by atoms with Crippen molar-refractivity contribution in [2.24, 2.45) is 5.84 Å². The Hall–Kier alpha value is -2.11. The molecule has 0 spiro atoms. The maximum absolute atomic E-state index is 14.1. The smallest absolute Gasteiger partial charge is 0.132 e. The fourth-order valence-corrected chi connectivity index (χ4v) is 2.12. The third-order valence-corrected chi connectivity index (χ3v) is 3.14. The van der Waals surface area contributed by atoms with E-state index in [4.69, 9.17) is 15.3 Å². The van der Waals surface area contributed by atoms with Crippen LogP contribution in [-0.4, -0.2) is 14.2 Å². The predicted octanol–water partition coefficient (Wildman–Crippen LogP) is 2.40. The van der Waals surface area contributed by atoms with Crippen LogP contribution in [0.2, 0.25) is 0 Å². The fourth-order valence-electron chi connectivity index (χ4n) is 2.12. The first-order valence-electron chi connectivity index (χ1n) is 6.13. The molecule has 0 bridgehead atoms. The van der Waals surface area contributed by atoms with Gasteiger partial charge in [-0.3, -0.25) is 5.84 Å². The van der Waals surface area contributed by atoms with Crippen LogP contribution >= 0.6 is 0 Å². The van der Waals surface area contributed by atoms with Crippen molar-refractivity contribution in [1.82, 2.24) is 5.43 Å². The maximum Gasteiger partial charge on any atom is 0.132 e. The number of rotatable bonds is 5. The monoisotopic (exact) mass is 276 g/mol. The van der Waals surface area contributed by atoms with Gasteiger partial charge in [-0.2, -0.15) is 0 Å². The first-order valence-corrected chi connectivity index (χ1v) is 6.13. The molecule has 0 saturated heterocycles. The van der Waals surface area contributed by atoms with Gasteiger partial charge < -0.3 is 9.47 Å². The van der Waals surface area contributed by atoms with Gasteiger partial charge in [0.15, 0.2) is 0 Å². The highest BCUT2D eigenvalue weighted by molar-refractivity contribution is 5.43. The van der Waals surface area contributed by atoms with Gasteiger partial charge in [0.05, 0.1) is 25.8 Å². The molecule has 0 aromatic heterocycles. The second kappa shape index (κ2) is 6.36. The van der Waals surface area contributed by atoms with Gasteiger partial charge >= 0.3 is 0 Å². The Morgan fingerprint density at radius 2 is 1.75 bits per heavy atom. The Kier molecular flexibility index (Phi) is 4.55. The zero-order valence-electron chi connectivity index (χ0n) is 11.4. The first kappa shape index (κ1) is 14.3. The number of ether oxygens (including phenoxy) is 2. The van der Waals surface area contributed by atoms with E-state index in [0.717, 1.165) is 11.3 Å². The Morgan fingerprint density at radius 3 is 2.30 bits per heavy atom. The molecular formula is C15H17FN2O2. The van der Waals surface area contributed by atoms with Crippen LogP contribution in [0.5, 0.6) is 11.5 Å².